The number of hydrogen-bond donors (Lipinski definition) is 1. The van der Waals surface area contributed by atoms with Crippen molar-refractivity contribution >= 4 is 0 Å². The minimum Gasteiger partial charge on any atom is -0.388 e. The molecule has 3 rings (SSSR count). The van der Waals surface area contributed by atoms with Crippen LogP contribution in [0.5, 0.6) is 0 Å². The predicted octanol–water partition coefficient (Wildman–Crippen LogP) is 3.31. The van der Waals surface area contributed by atoms with E-state index in [1.54, 1.807) is 12.1 Å². The summed E-state index contributed by atoms with van der Waals surface area (Å²) in [5, 5.41) is 19.0. The molecule has 21 heavy (non-hydrogen) atoms. The maximum absolute atomic E-state index is 14.1. The van der Waals surface area contributed by atoms with Gasteiger partial charge >= 0.3 is 0 Å². The molecule has 2 aromatic rings. The van der Waals surface area contributed by atoms with Crippen LogP contribution < -0.4 is 0 Å². The van der Waals surface area contributed by atoms with Crippen molar-refractivity contribution in [2.75, 3.05) is 0 Å². The molecule has 1 atom stereocenters. The number of aryl methyl sites for hydroxylation is 1. The van der Waals surface area contributed by atoms with Gasteiger partial charge in [-0.25, -0.2) is 4.39 Å². The highest BCUT2D eigenvalue weighted by molar-refractivity contribution is 5.36. The second-order valence-electron chi connectivity index (χ2n) is 5.56. The van der Waals surface area contributed by atoms with E-state index in [0.717, 1.165) is 36.8 Å². The van der Waals surface area contributed by atoms with Crippen LogP contribution in [0.2, 0.25) is 0 Å². The number of rotatable bonds is 2. The first-order valence-electron chi connectivity index (χ1n) is 7.23. The first kappa shape index (κ1) is 13.8. The molecule has 1 heterocycles. The monoisotopic (exact) mass is 284 g/mol. The van der Waals surface area contributed by atoms with Crippen molar-refractivity contribution < 1.29 is 9.50 Å². The third-order valence-corrected chi connectivity index (χ3v) is 4.08. The van der Waals surface area contributed by atoms with Crippen molar-refractivity contribution in [1.82, 2.24) is 4.57 Å². The second-order valence-corrected chi connectivity index (χ2v) is 5.56. The molecular formula is C17H17FN2O. The number of aromatic nitrogens is 1. The lowest BCUT2D eigenvalue weighted by atomic mass is 10.1. The van der Waals surface area contributed by atoms with Crippen LogP contribution in [0.4, 0.5) is 4.39 Å². The summed E-state index contributed by atoms with van der Waals surface area (Å²) in [5.41, 5.74) is 2.68. The molecule has 108 valence electrons. The first-order valence-corrected chi connectivity index (χ1v) is 7.23. The Morgan fingerprint density at radius 2 is 2.19 bits per heavy atom. The van der Waals surface area contributed by atoms with Crippen LogP contribution in [0, 0.1) is 17.1 Å². The lowest BCUT2D eigenvalue weighted by Gasteiger charge is -2.07. The average Bonchev–Trinajstić information content (AvgIpc) is 2.81. The Kier molecular flexibility index (Phi) is 3.76. The van der Waals surface area contributed by atoms with Crippen LogP contribution in [-0.2, 0) is 13.0 Å². The summed E-state index contributed by atoms with van der Waals surface area (Å²) >= 11 is 0. The lowest BCUT2D eigenvalue weighted by Crippen LogP contribution is -2.01. The van der Waals surface area contributed by atoms with Gasteiger partial charge in [-0.1, -0.05) is 18.6 Å². The Morgan fingerprint density at radius 1 is 1.33 bits per heavy atom. The van der Waals surface area contributed by atoms with Crippen molar-refractivity contribution in [3.8, 4) is 6.07 Å². The van der Waals surface area contributed by atoms with E-state index in [1.807, 2.05) is 23.0 Å². The highest BCUT2D eigenvalue weighted by Crippen LogP contribution is 2.29. The molecule has 1 aromatic carbocycles. The van der Waals surface area contributed by atoms with Crippen LogP contribution in [0.15, 0.2) is 30.6 Å². The molecule has 0 spiro atoms. The van der Waals surface area contributed by atoms with Crippen molar-refractivity contribution in [3.63, 3.8) is 0 Å². The van der Waals surface area contributed by atoms with Gasteiger partial charge in [-0.2, -0.15) is 5.26 Å². The Morgan fingerprint density at radius 3 is 3.00 bits per heavy atom. The topological polar surface area (TPSA) is 49.0 Å². The molecule has 0 saturated carbocycles. The van der Waals surface area contributed by atoms with Crippen molar-refractivity contribution in [3.05, 3.63) is 58.7 Å². The van der Waals surface area contributed by atoms with Crippen LogP contribution in [0.3, 0.4) is 0 Å². The summed E-state index contributed by atoms with van der Waals surface area (Å²) in [5.74, 6) is -0.454. The highest BCUT2D eigenvalue weighted by atomic mass is 19.1. The maximum atomic E-state index is 14.1. The normalized spacial score (nSPS) is 17.9. The molecule has 1 aliphatic carbocycles. The molecule has 3 nitrogen and oxygen atoms in total. The summed E-state index contributed by atoms with van der Waals surface area (Å²) in [4.78, 5) is 0. The Hall–Kier alpha value is -2.12. The summed E-state index contributed by atoms with van der Waals surface area (Å²) < 4.78 is 16.0. The van der Waals surface area contributed by atoms with Crippen LogP contribution in [0.1, 0.15) is 47.6 Å². The highest BCUT2D eigenvalue weighted by Gasteiger charge is 2.19. The van der Waals surface area contributed by atoms with E-state index in [-0.39, 0.29) is 5.56 Å². The molecular weight excluding hydrogens is 267 g/mol. The van der Waals surface area contributed by atoms with Gasteiger partial charge in [-0.3, -0.25) is 0 Å². The number of benzene rings is 1. The Balaban J connectivity index is 1.90. The molecule has 0 radical (unpaired) electrons. The van der Waals surface area contributed by atoms with E-state index in [0.29, 0.717) is 12.1 Å². The zero-order chi connectivity index (χ0) is 14.8. The standard InChI is InChI=1S/C17H17FN2O/c18-17-12(8-19)5-3-6-14(17)10-20-9-13-4-1-2-7-16(21)15(13)11-20/h3,5-6,9,11,16,21H,1-2,4,7,10H2. The van der Waals surface area contributed by atoms with Gasteiger partial charge in [0.15, 0.2) is 0 Å². The molecule has 1 unspecified atom stereocenters. The number of nitriles is 1. The van der Waals surface area contributed by atoms with Crippen molar-refractivity contribution in [2.24, 2.45) is 0 Å². The summed E-state index contributed by atoms with van der Waals surface area (Å²) in [6.45, 7) is 0.376. The maximum Gasteiger partial charge on any atom is 0.145 e. The largest absolute Gasteiger partial charge is 0.388 e. The van der Waals surface area contributed by atoms with Gasteiger partial charge in [0.1, 0.15) is 11.9 Å². The van der Waals surface area contributed by atoms with Crippen molar-refractivity contribution in [1.29, 1.82) is 5.26 Å². The van der Waals surface area contributed by atoms with Gasteiger partial charge < -0.3 is 9.67 Å². The molecule has 1 aromatic heterocycles. The quantitative estimate of drug-likeness (QED) is 0.860. The van der Waals surface area contributed by atoms with E-state index in [2.05, 4.69) is 0 Å². The fraction of sp³-hybridized carbons (Fsp3) is 0.353. The lowest BCUT2D eigenvalue weighted by molar-refractivity contribution is 0.166. The minimum atomic E-state index is -0.454. The van der Waals surface area contributed by atoms with E-state index in [4.69, 9.17) is 5.26 Å². The number of halogens is 1. The van der Waals surface area contributed by atoms with Crippen LogP contribution >= 0.6 is 0 Å². The number of fused-ring (bicyclic) bond motifs is 1. The van der Waals surface area contributed by atoms with E-state index < -0.39 is 11.9 Å². The van der Waals surface area contributed by atoms with E-state index >= 15 is 0 Å². The predicted molar refractivity (Wildman–Crippen MR) is 77.2 cm³/mol. The molecule has 0 bridgehead atoms. The second kappa shape index (κ2) is 5.71. The zero-order valence-corrected chi connectivity index (χ0v) is 11.7. The molecule has 0 saturated heterocycles. The fourth-order valence-electron chi connectivity index (χ4n) is 2.97. The number of aliphatic hydroxyl groups is 1. The summed E-state index contributed by atoms with van der Waals surface area (Å²) in [7, 11) is 0. The van der Waals surface area contributed by atoms with Gasteiger partial charge in [-0.05, 0) is 30.9 Å². The fourth-order valence-corrected chi connectivity index (χ4v) is 2.97. The number of hydrogen-bond acceptors (Lipinski definition) is 2. The first-order chi connectivity index (χ1) is 10.2. The SMILES string of the molecule is N#Cc1cccc(Cn2cc3c(c2)C(O)CCCC3)c1F. The van der Waals surface area contributed by atoms with E-state index in [9.17, 15) is 9.50 Å². The van der Waals surface area contributed by atoms with Gasteiger partial charge in [0.2, 0.25) is 0 Å². The molecule has 0 aliphatic heterocycles. The number of nitrogens with zero attached hydrogens (tertiary/aromatic N) is 2. The summed E-state index contributed by atoms with van der Waals surface area (Å²) in [6, 6.07) is 6.73. The minimum absolute atomic E-state index is 0.0706. The number of aliphatic hydroxyl groups excluding tert-OH is 1. The summed E-state index contributed by atoms with van der Waals surface area (Å²) in [6.07, 6.45) is 7.34. The average molecular weight is 284 g/mol. The molecule has 1 aliphatic rings. The Labute approximate surface area is 123 Å². The smallest absolute Gasteiger partial charge is 0.145 e. The van der Waals surface area contributed by atoms with Gasteiger partial charge in [0.05, 0.1) is 11.7 Å². The Bertz CT molecular complexity index is 699. The van der Waals surface area contributed by atoms with Gasteiger partial charge in [-0.15, -0.1) is 0 Å². The van der Waals surface area contributed by atoms with Crippen LogP contribution in [-0.4, -0.2) is 9.67 Å². The van der Waals surface area contributed by atoms with Crippen molar-refractivity contribution in [2.45, 2.75) is 38.3 Å². The van der Waals surface area contributed by atoms with Gasteiger partial charge in [0, 0.05) is 30.1 Å². The third kappa shape index (κ3) is 2.70. The molecule has 4 heteroatoms. The van der Waals surface area contributed by atoms with E-state index in [1.165, 1.54) is 6.07 Å². The van der Waals surface area contributed by atoms with Gasteiger partial charge in [0.25, 0.3) is 0 Å². The third-order valence-electron chi connectivity index (χ3n) is 4.08. The molecule has 0 fully saturated rings. The molecule has 0 amide bonds. The molecule has 1 N–H and O–H groups in total. The van der Waals surface area contributed by atoms with Crippen LogP contribution in [0.25, 0.3) is 0 Å². The zero-order valence-electron chi connectivity index (χ0n) is 11.7.